The van der Waals surface area contributed by atoms with E-state index in [1.807, 2.05) is 27.7 Å². The second-order valence-electron chi connectivity index (χ2n) is 14.0. The number of para-hydroxylation sites is 1. The summed E-state index contributed by atoms with van der Waals surface area (Å²) in [6, 6.07) is 42.0. The summed E-state index contributed by atoms with van der Waals surface area (Å²) < 4.78 is 4.83. The predicted molar refractivity (Wildman–Crippen MR) is 249 cm³/mol. The summed E-state index contributed by atoms with van der Waals surface area (Å²) in [5.41, 5.74) is 15.6. The van der Waals surface area contributed by atoms with Crippen LogP contribution in [0, 0.1) is 11.8 Å². The smallest absolute Gasteiger partial charge is 0.0547 e. The van der Waals surface area contributed by atoms with Crippen molar-refractivity contribution in [2.75, 3.05) is 0 Å². The molecule has 3 aliphatic rings. The van der Waals surface area contributed by atoms with E-state index in [-0.39, 0.29) is 0 Å². The molecule has 0 aliphatic heterocycles. The van der Waals surface area contributed by atoms with Gasteiger partial charge in [-0.2, -0.15) is 0 Å². The van der Waals surface area contributed by atoms with Crippen LogP contribution >= 0.6 is 0 Å². The molecule has 2 aromatic heterocycles. The molecule has 5 aromatic carbocycles. The van der Waals surface area contributed by atoms with Crippen molar-refractivity contribution in [3.05, 3.63) is 180 Å². The van der Waals surface area contributed by atoms with Gasteiger partial charge in [0.15, 0.2) is 0 Å². The first kappa shape index (κ1) is 39.0. The summed E-state index contributed by atoms with van der Waals surface area (Å²) in [4.78, 5) is 0. The zero-order valence-corrected chi connectivity index (χ0v) is 34.2. The minimum atomic E-state index is 0.889. The van der Waals surface area contributed by atoms with Crippen LogP contribution in [0.5, 0.6) is 0 Å². The van der Waals surface area contributed by atoms with Crippen LogP contribution < -0.4 is 0 Å². The Morgan fingerprint density at radius 2 is 1.25 bits per heavy atom. The van der Waals surface area contributed by atoms with Crippen molar-refractivity contribution in [1.29, 1.82) is 0 Å². The molecule has 57 heavy (non-hydrogen) atoms. The van der Waals surface area contributed by atoms with Crippen molar-refractivity contribution in [2.24, 2.45) is 7.05 Å². The highest BCUT2D eigenvalue weighted by Crippen LogP contribution is 2.43. The molecule has 0 spiro atoms. The van der Waals surface area contributed by atoms with Crippen LogP contribution in [-0.4, -0.2) is 9.13 Å². The van der Waals surface area contributed by atoms with Gasteiger partial charge in [-0.1, -0.05) is 173 Å². The molecule has 0 saturated carbocycles. The summed E-state index contributed by atoms with van der Waals surface area (Å²) in [5, 5.41) is 3.95. The van der Waals surface area contributed by atoms with E-state index in [1.165, 1.54) is 95.9 Å². The van der Waals surface area contributed by atoms with Crippen LogP contribution in [0.2, 0.25) is 0 Å². The Balaban J connectivity index is 0.000000232. The van der Waals surface area contributed by atoms with Crippen LogP contribution in [-0.2, 0) is 13.5 Å². The Hall–Kier alpha value is -6.30. The summed E-state index contributed by atoms with van der Waals surface area (Å²) in [5.74, 6) is 6.23. The summed E-state index contributed by atoms with van der Waals surface area (Å²) >= 11 is 0. The number of fused-ring (bicyclic) bond motifs is 6. The number of hydrogen-bond acceptors (Lipinski definition) is 0. The van der Waals surface area contributed by atoms with Crippen molar-refractivity contribution in [1.82, 2.24) is 9.13 Å². The molecule has 2 heteroatoms. The molecule has 0 unspecified atom stereocenters. The second kappa shape index (κ2) is 18.6. The fourth-order valence-corrected chi connectivity index (χ4v) is 8.38. The van der Waals surface area contributed by atoms with Gasteiger partial charge in [0.05, 0.1) is 11.0 Å². The average Bonchev–Trinajstić information content (AvgIpc) is 3.78. The van der Waals surface area contributed by atoms with Gasteiger partial charge >= 0.3 is 0 Å². The van der Waals surface area contributed by atoms with E-state index in [9.17, 15) is 0 Å². The third-order valence-corrected chi connectivity index (χ3v) is 10.9. The molecule has 10 rings (SSSR count). The number of aromatic nitrogens is 2. The van der Waals surface area contributed by atoms with Crippen molar-refractivity contribution in [3.63, 3.8) is 0 Å². The number of aryl methyl sites for hydroxylation is 1. The van der Waals surface area contributed by atoms with Gasteiger partial charge in [0.1, 0.15) is 0 Å². The van der Waals surface area contributed by atoms with E-state index in [2.05, 4.69) is 192 Å². The minimum absolute atomic E-state index is 0.889. The molecule has 0 bridgehead atoms. The Bertz CT molecular complexity index is 2730. The lowest BCUT2D eigenvalue weighted by Crippen LogP contribution is -1.99. The Kier molecular flexibility index (Phi) is 12.7. The van der Waals surface area contributed by atoms with E-state index >= 15 is 0 Å². The first-order chi connectivity index (χ1) is 28.3. The van der Waals surface area contributed by atoms with Crippen LogP contribution in [0.3, 0.4) is 0 Å². The summed E-state index contributed by atoms with van der Waals surface area (Å²) in [6.45, 7) is 8.00. The zero-order chi connectivity index (χ0) is 39.6. The van der Waals surface area contributed by atoms with Gasteiger partial charge in [-0.05, 0) is 89.4 Å². The van der Waals surface area contributed by atoms with Gasteiger partial charge in [0.25, 0.3) is 0 Å². The molecule has 7 aromatic rings. The van der Waals surface area contributed by atoms with Crippen molar-refractivity contribution in [3.8, 4) is 39.8 Å². The predicted octanol–water partition coefficient (Wildman–Crippen LogP) is 15.2. The van der Waals surface area contributed by atoms with Gasteiger partial charge in [-0.3, -0.25) is 0 Å². The maximum absolute atomic E-state index is 3.13. The van der Waals surface area contributed by atoms with Crippen molar-refractivity contribution >= 4 is 38.8 Å². The van der Waals surface area contributed by atoms with E-state index < -0.39 is 0 Å². The number of nitrogens with zero attached hydrogens (tertiary/aromatic N) is 2. The molecule has 0 atom stereocenters. The third-order valence-electron chi connectivity index (χ3n) is 10.9. The molecule has 2 nitrogen and oxygen atoms in total. The summed E-state index contributed by atoms with van der Waals surface area (Å²) in [7, 11) is 2.22. The highest BCUT2D eigenvalue weighted by molar-refractivity contribution is 6.18. The van der Waals surface area contributed by atoms with Crippen LogP contribution in [0.15, 0.2) is 169 Å². The second-order valence-corrected chi connectivity index (χ2v) is 14.0. The van der Waals surface area contributed by atoms with Crippen LogP contribution in [0.25, 0.3) is 66.7 Å². The van der Waals surface area contributed by atoms with Gasteiger partial charge in [-0.25, -0.2) is 0 Å². The average molecular weight is 743 g/mol. The molecular weight excluding hydrogens is 689 g/mol. The van der Waals surface area contributed by atoms with E-state index in [0.717, 1.165) is 25.7 Å². The number of rotatable bonds is 4. The highest BCUT2D eigenvalue weighted by Gasteiger charge is 2.22. The van der Waals surface area contributed by atoms with Gasteiger partial charge < -0.3 is 9.13 Å². The van der Waals surface area contributed by atoms with Crippen LogP contribution in [0.4, 0.5) is 0 Å². The van der Waals surface area contributed by atoms with Crippen molar-refractivity contribution in [2.45, 2.75) is 66.2 Å². The standard InChI is InChI=1S/C37H28N2.C14H14.2C2H6/c1-38-32-20-7-5-16-30(32)36-28(18-10-22-34(36)38)29-19-11-23-35-37(29)31-17-6-8-21-33(31)39(35)27-15-9-14-26(24-27)25-12-3-2-4-13-25;1-2-5-9-13(10-6-3-1)14-11-7-4-8-12-14;2*1-2/h2-6,8-19,21-24H,7,20H2,1H3;4-5,7,9-11H,2,6,8,12H2;2*1-2H3/b;9-5-,13-10+;;. The zero-order valence-electron chi connectivity index (χ0n) is 34.2. The molecular formula is C55H54N2. The van der Waals surface area contributed by atoms with Gasteiger partial charge in [-0.15, -0.1) is 0 Å². The van der Waals surface area contributed by atoms with E-state index in [4.69, 9.17) is 0 Å². The Morgan fingerprint density at radius 1 is 0.561 bits per heavy atom. The van der Waals surface area contributed by atoms with E-state index in [1.54, 1.807) is 0 Å². The maximum Gasteiger partial charge on any atom is 0.0547 e. The molecule has 0 fully saturated rings. The molecule has 0 saturated heterocycles. The fraction of sp³-hybridized carbons (Fsp3) is 0.200. The molecule has 2 heterocycles. The topological polar surface area (TPSA) is 9.86 Å². The monoisotopic (exact) mass is 742 g/mol. The Morgan fingerprint density at radius 3 is 2.05 bits per heavy atom. The highest BCUT2D eigenvalue weighted by atomic mass is 15.0. The number of allylic oxidation sites excluding steroid dienone is 9. The molecule has 0 amide bonds. The number of benzene rings is 5. The molecule has 0 N–H and O–H groups in total. The molecule has 3 aliphatic carbocycles. The fourth-order valence-electron chi connectivity index (χ4n) is 8.38. The number of hydrogen-bond donors (Lipinski definition) is 0. The molecule has 0 radical (unpaired) electrons. The normalized spacial score (nSPS) is 15.5. The van der Waals surface area contributed by atoms with Gasteiger partial charge in [0, 0.05) is 58.5 Å². The quantitative estimate of drug-likeness (QED) is 0.159. The van der Waals surface area contributed by atoms with Gasteiger partial charge in [0.2, 0.25) is 0 Å². The lowest BCUT2D eigenvalue weighted by molar-refractivity contribution is 0.824. The largest absolute Gasteiger partial charge is 0.347 e. The van der Waals surface area contributed by atoms with Crippen molar-refractivity contribution < 1.29 is 0 Å². The van der Waals surface area contributed by atoms with Crippen LogP contribution in [0.1, 0.15) is 71.1 Å². The third kappa shape index (κ3) is 7.89. The summed E-state index contributed by atoms with van der Waals surface area (Å²) in [6.07, 6.45) is 24.2. The maximum atomic E-state index is 3.13. The molecule has 284 valence electrons. The lowest BCUT2D eigenvalue weighted by Gasteiger charge is -2.12. The lowest BCUT2D eigenvalue weighted by atomic mass is 9.93. The first-order valence-electron chi connectivity index (χ1n) is 20.9. The first-order valence-corrected chi connectivity index (χ1v) is 20.9. The SMILES string of the molecule is C1#CC/C=C(C2=CC=CCC2)\C=C/C1.CC.CC.Cn1c2c(c3c(-c4cccc5c4c4ccccc4n5-c4cccc(-c5ccccc5)c4)cccc31)C=CCC2. The minimum Gasteiger partial charge on any atom is -0.347 e. The van der Waals surface area contributed by atoms with E-state index in [0.29, 0.717) is 0 Å². The Labute approximate surface area is 339 Å².